The van der Waals surface area contributed by atoms with Crippen LogP contribution in [0.1, 0.15) is 33.6 Å². The van der Waals surface area contributed by atoms with E-state index in [1.54, 1.807) is 0 Å². The van der Waals surface area contributed by atoms with Crippen LogP contribution in [0.3, 0.4) is 0 Å². The zero-order valence-corrected chi connectivity index (χ0v) is 7.35. The van der Waals surface area contributed by atoms with Gasteiger partial charge in [-0.05, 0) is 31.2 Å². The van der Waals surface area contributed by atoms with Crippen LogP contribution in [0.15, 0.2) is 0 Å². The van der Waals surface area contributed by atoms with Gasteiger partial charge in [0.2, 0.25) is 0 Å². The van der Waals surface area contributed by atoms with E-state index in [1.807, 2.05) is 0 Å². The predicted molar refractivity (Wildman–Crippen MR) is 45.0 cm³/mol. The van der Waals surface area contributed by atoms with Gasteiger partial charge < -0.3 is 5.32 Å². The molecule has 0 heterocycles. The summed E-state index contributed by atoms with van der Waals surface area (Å²) in [5.74, 6) is 1.98. The van der Waals surface area contributed by atoms with E-state index in [9.17, 15) is 0 Å². The Morgan fingerprint density at radius 1 is 1.50 bits per heavy atom. The van der Waals surface area contributed by atoms with Crippen LogP contribution >= 0.6 is 0 Å². The van der Waals surface area contributed by atoms with Gasteiger partial charge in [-0.3, -0.25) is 0 Å². The van der Waals surface area contributed by atoms with E-state index in [0.29, 0.717) is 0 Å². The molecule has 0 aliphatic heterocycles. The molecule has 0 bridgehead atoms. The van der Waals surface area contributed by atoms with E-state index >= 15 is 0 Å². The molecule has 2 unspecified atom stereocenters. The van der Waals surface area contributed by atoms with Gasteiger partial charge in [-0.1, -0.05) is 20.8 Å². The van der Waals surface area contributed by atoms with Crippen LogP contribution in [-0.2, 0) is 0 Å². The zero-order valence-electron chi connectivity index (χ0n) is 7.35. The lowest BCUT2D eigenvalue weighted by Gasteiger charge is -2.14. The summed E-state index contributed by atoms with van der Waals surface area (Å²) in [5, 5.41) is 3.52. The van der Waals surface area contributed by atoms with E-state index in [1.165, 1.54) is 12.8 Å². The molecule has 1 aliphatic rings. The number of hydrogen-bond acceptors (Lipinski definition) is 1. The Labute approximate surface area is 64.2 Å². The molecular formula is C9H19N. The third-order valence-corrected chi connectivity index (χ3v) is 2.59. The lowest BCUT2D eigenvalue weighted by Crippen LogP contribution is -2.30. The van der Waals surface area contributed by atoms with Gasteiger partial charge in [-0.15, -0.1) is 0 Å². The van der Waals surface area contributed by atoms with Gasteiger partial charge in [0.25, 0.3) is 0 Å². The van der Waals surface area contributed by atoms with Crippen molar-refractivity contribution in [3.63, 3.8) is 0 Å². The molecule has 10 heavy (non-hydrogen) atoms. The summed E-state index contributed by atoms with van der Waals surface area (Å²) in [6, 6.07) is 0.806. The monoisotopic (exact) mass is 141 g/mol. The first kappa shape index (κ1) is 8.06. The first-order valence-electron chi connectivity index (χ1n) is 4.53. The number of rotatable bonds is 4. The zero-order chi connectivity index (χ0) is 7.56. The Hall–Kier alpha value is -0.0400. The van der Waals surface area contributed by atoms with Crippen molar-refractivity contribution in [2.75, 3.05) is 6.54 Å². The Morgan fingerprint density at radius 2 is 2.10 bits per heavy atom. The van der Waals surface area contributed by atoms with Crippen molar-refractivity contribution in [3.8, 4) is 0 Å². The summed E-state index contributed by atoms with van der Waals surface area (Å²) in [5.41, 5.74) is 0. The van der Waals surface area contributed by atoms with Crippen molar-refractivity contribution in [1.29, 1.82) is 0 Å². The highest BCUT2D eigenvalue weighted by molar-refractivity contribution is 4.91. The maximum Gasteiger partial charge on any atom is 0.00952 e. The first-order chi connectivity index (χ1) is 4.79. The third-order valence-electron chi connectivity index (χ3n) is 2.59. The molecular weight excluding hydrogens is 122 g/mol. The lowest BCUT2D eigenvalue weighted by molar-refractivity contribution is 0.445. The lowest BCUT2D eigenvalue weighted by atomic mass is 10.1. The minimum absolute atomic E-state index is 0.806. The summed E-state index contributed by atoms with van der Waals surface area (Å²) in [4.78, 5) is 0. The topological polar surface area (TPSA) is 12.0 Å². The average Bonchev–Trinajstić information content (AvgIpc) is 2.62. The maximum absolute atomic E-state index is 3.52. The molecule has 60 valence electrons. The molecule has 0 aromatic heterocycles. The predicted octanol–water partition coefficient (Wildman–Crippen LogP) is 2.03. The fraction of sp³-hybridized carbons (Fsp3) is 1.00. The fourth-order valence-electron chi connectivity index (χ4n) is 1.77. The van der Waals surface area contributed by atoms with E-state index in [-0.39, 0.29) is 0 Å². The Morgan fingerprint density at radius 3 is 2.40 bits per heavy atom. The minimum atomic E-state index is 0.806. The van der Waals surface area contributed by atoms with E-state index in [0.717, 1.165) is 24.4 Å². The molecule has 0 saturated heterocycles. The highest BCUT2D eigenvalue weighted by Crippen LogP contribution is 2.41. The second-order valence-electron chi connectivity index (χ2n) is 3.45. The molecule has 3 atom stereocenters. The van der Waals surface area contributed by atoms with Crippen LogP contribution in [0.2, 0.25) is 0 Å². The molecule has 0 amide bonds. The molecule has 0 radical (unpaired) electrons. The van der Waals surface area contributed by atoms with Gasteiger partial charge in [0.05, 0.1) is 0 Å². The standard InChI is InChI=1S/C9H19N/c1-4-9(10-5-2)8-6-7(8)3/h7-10H,4-6H2,1-3H3/t7-,8?,9?/m0/s1. The van der Waals surface area contributed by atoms with Crippen molar-refractivity contribution in [1.82, 2.24) is 5.32 Å². The molecule has 1 fully saturated rings. The normalized spacial score (nSPS) is 33.9. The Kier molecular flexibility index (Phi) is 2.72. The summed E-state index contributed by atoms with van der Waals surface area (Å²) in [6.07, 6.45) is 2.74. The second-order valence-corrected chi connectivity index (χ2v) is 3.45. The van der Waals surface area contributed by atoms with Crippen molar-refractivity contribution in [3.05, 3.63) is 0 Å². The molecule has 1 heteroatoms. The average molecular weight is 141 g/mol. The van der Waals surface area contributed by atoms with Crippen molar-refractivity contribution >= 4 is 0 Å². The van der Waals surface area contributed by atoms with Crippen molar-refractivity contribution in [2.45, 2.75) is 39.7 Å². The molecule has 0 aromatic carbocycles. The first-order valence-corrected chi connectivity index (χ1v) is 4.53. The quantitative estimate of drug-likeness (QED) is 0.631. The van der Waals surface area contributed by atoms with Crippen LogP contribution in [0.5, 0.6) is 0 Å². The van der Waals surface area contributed by atoms with Gasteiger partial charge in [-0.2, -0.15) is 0 Å². The second kappa shape index (κ2) is 3.38. The van der Waals surface area contributed by atoms with Crippen LogP contribution in [0.25, 0.3) is 0 Å². The van der Waals surface area contributed by atoms with Crippen molar-refractivity contribution < 1.29 is 0 Å². The highest BCUT2D eigenvalue weighted by Gasteiger charge is 2.37. The summed E-state index contributed by atoms with van der Waals surface area (Å²) < 4.78 is 0. The van der Waals surface area contributed by atoms with E-state index in [4.69, 9.17) is 0 Å². The molecule has 1 rings (SSSR count). The van der Waals surface area contributed by atoms with E-state index in [2.05, 4.69) is 26.1 Å². The van der Waals surface area contributed by atoms with Crippen LogP contribution in [0.4, 0.5) is 0 Å². The molecule has 0 aromatic rings. The SMILES string of the molecule is CCNC(CC)C1C[C@@H]1C. The number of hydrogen-bond donors (Lipinski definition) is 1. The third kappa shape index (κ3) is 1.72. The Bertz CT molecular complexity index is 101. The highest BCUT2D eigenvalue weighted by atomic mass is 14.9. The number of nitrogens with one attached hydrogen (secondary N) is 1. The summed E-state index contributed by atoms with van der Waals surface area (Å²) >= 11 is 0. The van der Waals surface area contributed by atoms with Crippen LogP contribution < -0.4 is 5.32 Å². The van der Waals surface area contributed by atoms with E-state index < -0.39 is 0 Å². The Balaban J connectivity index is 2.20. The van der Waals surface area contributed by atoms with Gasteiger partial charge in [0, 0.05) is 6.04 Å². The molecule has 1 nitrogen and oxygen atoms in total. The van der Waals surface area contributed by atoms with Gasteiger partial charge in [0.1, 0.15) is 0 Å². The van der Waals surface area contributed by atoms with Gasteiger partial charge >= 0.3 is 0 Å². The maximum atomic E-state index is 3.52. The minimum Gasteiger partial charge on any atom is -0.314 e. The molecule has 1 aliphatic carbocycles. The van der Waals surface area contributed by atoms with Crippen molar-refractivity contribution in [2.24, 2.45) is 11.8 Å². The summed E-state index contributed by atoms with van der Waals surface area (Å²) in [6.45, 7) is 7.94. The largest absolute Gasteiger partial charge is 0.314 e. The smallest absolute Gasteiger partial charge is 0.00952 e. The van der Waals surface area contributed by atoms with Crippen LogP contribution in [0, 0.1) is 11.8 Å². The van der Waals surface area contributed by atoms with Crippen LogP contribution in [-0.4, -0.2) is 12.6 Å². The van der Waals surface area contributed by atoms with Gasteiger partial charge in [-0.25, -0.2) is 0 Å². The summed E-state index contributed by atoms with van der Waals surface area (Å²) in [7, 11) is 0. The van der Waals surface area contributed by atoms with Gasteiger partial charge in [0.15, 0.2) is 0 Å². The molecule has 0 spiro atoms. The molecule has 1 saturated carbocycles. The molecule has 1 N–H and O–H groups in total. The fourth-order valence-corrected chi connectivity index (χ4v) is 1.77.